The Morgan fingerprint density at radius 2 is 2.05 bits per heavy atom. The van der Waals surface area contributed by atoms with Crippen molar-refractivity contribution in [1.29, 1.82) is 0 Å². The van der Waals surface area contributed by atoms with E-state index in [1.165, 1.54) is 0 Å². The molecule has 1 heterocycles. The number of halogens is 2. The quantitative estimate of drug-likeness (QED) is 0.874. The van der Waals surface area contributed by atoms with Gasteiger partial charge in [0.2, 0.25) is 0 Å². The van der Waals surface area contributed by atoms with Crippen LogP contribution in [-0.4, -0.2) is 21.3 Å². The summed E-state index contributed by atoms with van der Waals surface area (Å²) in [6.07, 6.45) is 1.63. The zero-order valence-corrected chi connectivity index (χ0v) is 13.7. The molecule has 1 atom stereocenters. The van der Waals surface area contributed by atoms with Crippen molar-refractivity contribution in [2.24, 2.45) is 0 Å². The lowest BCUT2D eigenvalue weighted by Crippen LogP contribution is -2.17. The molecule has 0 saturated carbocycles. The van der Waals surface area contributed by atoms with E-state index in [2.05, 4.69) is 21.2 Å². The van der Waals surface area contributed by atoms with Gasteiger partial charge in [0.05, 0.1) is 36.0 Å². The predicted octanol–water partition coefficient (Wildman–Crippen LogP) is 4.02. The van der Waals surface area contributed by atoms with Crippen molar-refractivity contribution in [3.8, 4) is 11.5 Å². The van der Waals surface area contributed by atoms with Crippen LogP contribution in [-0.2, 0) is 0 Å². The van der Waals surface area contributed by atoms with Crippen LogP contribution in [0.1, 0.15) is 17.4 Å². The van der Waals surface area contributed by atoms with Crippen molar-refractivity contribution < 1.29 is 13.9 Å². The Morgan fingerprint density at radius 3 is 2.55 bits per heavy atom. The third kappa shape index (κ3) is 2.80. The van der Waals surface area contributed by atoms with Gasteiger partial charge in [-0.05, 0) is 46.7 Å². The number of hydrogen-bond donors (Lipinski definition) is 1. The maximum absolute atomic E-state index is 6.24. The van der Waals surface area contributed by atoms with Crippen molar-refractivity contribution in [3.05, 3.63) is 45.3 Å². The first-order valence-corrected chi connectivity index (χ1v) is 7.11. The largest absolute Gasteiger partial charge is 0.493 e. The first-order valence-electron chi connectivity index (χ1n) is 5.94. The Morgan fingerprint density at radius 1 is 1.30 bits per heavy atom. The molecule has 0 spiro atoms. The molecular formula is C14H15BrClNO3. The number of rotatable bonds is 5. The summed E-state index contributed by atoms with van der Waals surface area (Å²) >= 11 is 9.71. The van der Waals surface area contributed by atoms with Crippen molar-refractivity contribution in [3.63, 3.8) is 0 Å². The van der Waals surface area contributed by atoms with E-state index in [1.54, 1.807) is 20.5 Å². The van der Waals surface area contributed by atoms with Gasteiger partial charge in [0.25, 0.3) is 0 Å². The van der Waals surface area contributed by atoms with E-state index in [1.807, 2.05) is 25.2 Å². The molecule has 0 saturated heterocycles. The summed E-state index contributed by atoms with van der Waals surface area (Å²) in [5, 5.41) is 3.69. The maximum atomic E-state index is 6.24. The van der Waals surface area contributed by atoms with Gasteiger partial charge in [-0.25, -0.2) is 0 Å². The van der Waals surface area contributed by atoms with Crippen LogP contribution >= 0.6 is 27.5 Å². The predicted molar refractivity (Wildman–Crippen MR) is 81.9 cm³/mol. The minimum atomic E-state index is -0.142. The number of hydrogen-bond acceptors (Lipinski definition) is 4. The van der Waals surface area contributed by atoms with Crippen molar-refractivity contribution in [1.82, 2.24) is 5.32 Å². The van der Waals surface area contributed by atoms with Crippen molar-refractivity contribution >= 4 is 27.5 Å². The highest BCUT2D eigenvalue weighted by Crippen LogP contribution is 2.39. The Balaban J connectivity index is 2.51. The third-order valence-corrected chi connectivity index (χ3v) is 3.92. The van der Waals surface area contributed by atoms with Gasteiger partial charge in [-0.15, -0.1) is 0 Å². The molecule has 0 radical (unpaired) electrons. The minimum absolute atomic E-state index is 0.142. The summed E-state index contributed by atoms with van der Waals surface area (Å²) in [4.78, 5) is 0. The summed E-state index contributed by atoms with van der Waals surface area (Å²) in [6.45, 7) is 0. The second-order valence-electron chi connectivity index (χ2n) is 4.09. The number of methoxy groups -OCH3 is 2. The van der Waals surface area contributed by atoms with Gasteiger partial charge in [0, 0.05) is 0 Å². The second kappa shape index (κ2) is 6.52. The Bertz CT molecular complexity index is 600. The van der Waals surface area contributed by atoms with Gasteiger partial charge < -0.3 is 19.2 Å². The van der Waals surface area contributed by atoms with E-state index in [0.29, 0.717) is 16.5 Å². The summed E-state index contributed by atoms with van der Waals surface area (Å²) in [6, 6.07) is 5.42. The highest BCUT2D eigenvalue weighted by Gasteiger charge is 2.21. The molecule has 108 valence electrons. The lowest BCUT2D eigenvalue weighted by Gasteiger charge is -2.18. The molecule has 0 fully saturated rings. The van der Waals surface area contributed by atoms with Crippen LogP contribution in [0.4, 0.5) is 0 Å². The summed E-state index contributed by atoms with van der Waals surface area (Å²) in [7, 11) is 4.99. The molecule has 6 heteroatoms. The van der Waals surface area contributed by atoms with Crippen molar-refractivity contribution in [2.45, 2.75) is 6.04 Å². The van der Waals surface area contributed by atoms with Crippen LogP contribution < -0.4 is 14.8 Å². The number of furan rings is 1. The topological polar surface area (TPSA) is 43.6 Å². The SMILES string of the molecule is CNC(c1cc(Cl)c(OC)c(OC)c1)c1occc1Br. The Hall–Kier alpha value is -1.17. The minimum Gasteiger partial charge on any atom is -0.493 e. The van der Waals surface area contributed by atoms with E-state index in [-0.39, 0.29) is 6.04 Å². The molecular weight excluding hydrogens is 346 g/mol. The molecule has 1 N–H and O–H groups in total. The third-order valence-electron chi connectivity index (χ3n) is 2.98. The van der Waals surface area contributed by atoms with Gasteiger partial charge in [-0.3, -0.25) is 0 Å². The second-order valence-corrected chi connectivity index (χ2v) is 5.35. The first kappa shape index (κ1) is 15.2. The summed E-state index contributed by atoms with van der Waals surface area (Å²) < 4.78 is 17.0. The first-order chi connectivity index (χ1) is 9.62. The molecule has 0 aliphatic heterocycles. The molecule has 0 amide bonds. The molecule has 1 aromatic heterocycles. The molecule has 20 heavy (non-hydrogen) atoms. The van der Waals surface area contributed by atoms with Crippen LogP contribution in [0.25, 0.3) is 0 Å². The van der Waals surface area contributed by atoms with E-state index in [4.69, 9.17) is 25.5 Å². The van der Waals surface area contributed by atoms with Gasteiger partial charge in [0.1, 0.15) is 5.76 Å². The van der Waals surface area contributed by atoms with E-state index < -0.39 is 0 Å². The molecule has 2 aromatic rings. The molecule has 1 unspecified atom stereocenters. The molecule has 1 aromatic carbocycles. The number of benzene rings is 1. The highest BCUT2D eigenvalue weighted by atomic mass is 79.9. The lowest BCUT2D eigenvalue weighted by atomic mass is 10.0. The number of nitrogens with one attached hydrogen (secondary N) is 1. The van der Waals surface area contributed by atoms with Gasteiger partial charge >= 0.3 is 0 Å². The maximum Gasteiger partial charge on any atom is 0.179 e. The number of ether oxygens (including phenoxy) is 2. The zero-order chi connectivity index (χ0) is 14.7. The normalized spacial score (nSPS) is 12.2. The van der Waals surface area contributed by atoms with Gasteiger partial charge in [-0.2, -0.15) is 0 Å². The fraction of sp³-hybridized carbons (Fsp3) is 0.286. The van der Waals surface area contributed by atoms with Gasteiger partial charge in [0.15, 0.2) is 11.5 Å². The average molecular weight is 361 g/mol. The molecule has 0 bridgehead atoms. The fourth-order valence-corrected chi connectivity index (χ4v) is 2.79. The van der Waals surface area contributed by atoms with Crippen LogP contribution in [0.2, 0.25) is 5.02 Å². The van der Waals surface area contributed by atoms with E-state index in [0.717, 1.165) is 15.8 Å². The lowest BCUT2D eigenvalue weighted by molar-refractivity contribution is 0.354. The van der Waals surface area contributed by atoms with Crippen LogP contribution in [0.15, 0.2) is 33.4 Å². The summed E-state index contributed by atoms with van der Waals surface area (Å²) in [5.41, 5.74) is 0.922. The van der Waals surface area contributed by atoms with Crippen molar-refractivity contribution in [2.75, 3.05) is 21.3 Å². The zero-order valence-electron chi connectivity index (χ0n) is 11.4. The fourth-order valence-electron chi connectivity index (χ4n) is 2.07. The van der Waals surface area contributed by atoms with Crippen LogP contribution in [0, 0.1) is 0 Å². The van der Waals surface area contributed by atoms with Crippen LogP contribution in [0.5, 0.6) is 11.5 Å². The van der Waals surface area contributed by atoms with Gasteiger partial charge in [-0.1, -0.05) is 11.6 Å². The smallest absolute Gasteiger partial charge is 0.179 e. The average Bonchev–Trinajstić information content (AvgIpc) is 2.85. The molecule has 0 aliphatic rings. The standard InChI is InChI=1S/C14H15BrClNO3/c1-17-12(13-9(15)4-5-20-13)8-6-10(16)14(19-3)11(7-8)18-2/h4-7,12,17H,1-3H3. The monoisotopic (exact) mass is 359 g/mol. The van der Waals surface area contributed by atoms with E-state index >= 15 is 0 Å². The van der Waals surface area contributed by atoms with Crippen LogP contribution in [0.3, 0.4) is 0 Å². The molecule has 0 aliphatic carbocycles. The Kier molecular flexibility index (Phi) is 4.96. The summed E-state index contributed by atoms with van der Waals surface area (Å²) in [5.74, 6) is 1.87. The molecule has 2 rings (SSSR count). The highest BCUT2D eigenvalue weighted by molar-refractivity contribution is 9.10. The van der Waals surface area contributed by atoms with E-state index in [9.17, 15) is 0 Å². The molecule has 4 nitrogen and oxygen atoms in total. The Labute approximate surface area is 131 Å².